The Morgan fingerprint density at radius 1 is 0.923 bits per heavy atom. The lowest BCUT2D eigenvalue weighted by atomic mass is 9.59. The number of hydrogen-bond acceptors (Lipinski definition) is 1. The highest BCUT2D eigenvalue weighted by Crippen LogP contribution is 2.50. The smallest absolute Gasteiger partial charge is 0.00436 e. The summed E-state index contributed by atoms with van der Waals surface area (Å²) < 4.78 is 0. The molecule has 1 nitrogen and oxygen atoms in total. The van der Waals surface area contributed by atoms with Crippen molar-refractivity contribution in [2.75, 3.05) is 6.54 Å². The fraction of sp³-hybridized carbons (Fsp3) is 1.00. The molecule has 1 heteroatoms. The van der Waals surface area contributed by atoms with Crippen LogP contribution in [-0.4, -0.2) is 6.54 Å². The Morgan fingerprint density at radius 3 is 2.15 bits per heavy atom. The van der Waals surface area contributed by atoms with Crippen molar-refractivity contribution in [3.63, 3.8) is 0 Å². The van der Waals surface area contributed by atoms with Crippen molar-refractivity contribution < 1.29 is 0 Å². The molecule has 2 rings (SSSR count). The fourth-order valence-electron chi connectivity index (χ4n) is 3.66. The van der Waals surface area contributed by atoms with Crippen LogP contribution < -0.4 is 5.73 Å². The van der Waals surface area contributed by atoms with Gasteiger partial charge in [0, 0.05) is 0 Å². The lowest BCUT2D eigenvalue weighted by molar-refractivity contribution is 0.0532. The molecule has 0 heterocycles. The van der Waals surface area contributed by atoms with Crippen LogP contribution in [0.5, 0.6) is 0 Å². The third kappa shape index (κ3) is 1.76. The van der Waals surface area contributed by atoms with E-state index >= 15 is 0 Å². The first-order chi connectivity index (χ1) is 6.37. The Kier molecular flexibility index (Phi) is 2.92. The summed E-state index contributed by atoms with van der Waals surface area (Å²) in [4.78, 5) is 0. The van der Waals surface area contributed by atoms with E-state index in [1.165, 1.54) is 57.8 Å². The molecule has 0 amide bonds. The van der Waals surface area contributed by atoms with Gasteiger partial charge in [0.15, 0.2) is 0 Å². The Bertz CT molecular complexity index is 150. The van der Waals surface area contributed by atoms with E-state index in [1.807, 2.05) is 0 Å². The zero-order valence-corrected chi connectivity index (χ0v) is 8.73. The number of rotatable bonds is 1. The molecular weight excluding hydrogens is 158 g/mol. The van der Waals surface area contributed by atoms with E-state index in [4.69, 9.17) is 5.73 Å². The summed E-state index contributed by atoms with van der Waals surface area (Å²) in [5.74, 6) is 0.863. The second-order valence-electron chi connectivity index (χ2n) is 5.10. The van der Waals surface area contributed by atoms with E-state index in [0.717, 1.165) is 12.5 Å². The molecule has 2 saturated carbocycles. The molecule has 2 aliphatic rings. The van der Waals surface area contributed by atoms with Crippen molar-refractivity contribution in [1.29, 1.82) is 0 Å². The second-order valence-corrected chi connectivity index (χ2v) is 5.10. The molecule has 2 fully saturated rings. The van der Waals surface area contributed by atoms with Gasteiger partial charge in [-0.05, 0) is 43.6 Å². The highest BCUT2D eigenvalue weighted by molar-refractivity contribution is 4.92. The number of hydrogen-bond donors (Lipinski definition) is 1. The minimum absolute atomic E-state index is 0.700. The zero-order valence-electron chi connectivity index (χ0n) is 8.73. The van der Waals surface area contributed by atoms with Crippen molar-refractivity contribution in [2.24, 2.45) is 17.1 Å². The first-order valence-corrected chi connectivity index (χ1v) is 6.07. The van der Waals surface area contributed by atoms with Gasteiger partial charge in [0.2, 0.25) is 0 Å². The maximum absolute atomic E-state index is 5.91. The van der Waals surface area contributed by atoms with E-state index in [9.17, 15) is 0 Å². The topological polar surface area (TPSA) is 26.0 Å². The molecule has 1 atom stereocenters. The molecular formula is C12H23N. The Hall–Kier alpha value is -0.0400. The molecule has 1 spiro atoms. The molecule has 13 heavy (non-hydrogen) atoms. The highest BCUT2D eigenvalue weighted by Gasteiger charge is 2.40. The fourth-order valence-corrected chi connectivity index (χ4v) is 3.66. The van der Waals surface area contributed by atoms with E-state index in [-0.39, 0.29) is 0 Å². The molecule has 1 unspecified atom stereocenters. The summed E-state index contributed by atoms with van der Waals surface area (Å²) in [6, 6.07) is 0. The first-order valence-electron chi connectivity index (χ1n) is 6.07. The van der Waals surface area contributed by atoms with Gasteiger partial charge in [-0.15, -0.1) is 0 Å². The van der Waals surface area contributed by atoms with Crippen LogP contribution in [0.1, 0.15) is 57.8 Å². The molecule has 0 saturated heterocycles. The lowest BCUT2D eigenvalue weighted by Crippen LogP contribution is -2.39. The molecule has 0 bridgehead atoms. The third-order valence-electron chi connectivity index (χ3n) is 4.48. The van der Waals surface area contributed by atoms with Crippen LogP contribution >= 0.6 is 0 Å². The van der Waals surface area contributed by atoms with Gasteiger partial charge in [-0.25, -0.2) is 0 Å². The summed E-state index contributed by atoms with van der Waals surface area (Å²) in [6.07, 6.45) is 13.2. The normalized spacial score (nSPS) is 33.5. The average molecular weight is 181 g/mol. The van der Waals surface area contributed by atoms with Crippen molar-refractivity contribution in [3.8, 4) is 0 Å². The van der Waals surface area contributed by atoms with Gasteiger partial charge in [-0.1, -0.05) is 32.1 Å². The SMILES string of the molecule is NCC1CCCCC12CCCCC2. The minimum atomic E-state index is 0.700. The van der Waals surface area contributed by atoms with Crippen molar-refractivity contribution in [2.45, 2.75) is 57.8 Å². The molecule has 0 aromatic carbocycles. The van der Waals surface area contributed by atoms with Crippen LogP contribution in [0, 0.1) is 11.3 Å². The molecule has 0 aromatic rings. The lowest BCUT2D eigenvalue weighted by Gasteiger charge is -2.46. The van der Waals surface area contributed by atoms with Crippen LogP contribution in [0.2, 0.25) is 0 Å². The minimum Gasteiger partial charge on any atom is -0.330 e. The van der Waals surface area contributed by atoms with Crippen molar-refractivity contribution in [3.05, 3.63) is 0 Å². The molecule has 76 valence electrons. The quantitative estimate of drug-likeness (QED) is 0.661. The second kappa shape index (κ2) is 4.00. The highest BCUT2D eigenvalue weighted by atomic mass is 14.6. The molecule has 2 N–H and O–H groups in total. The van der Waals surface area contributed by atoms with Crippen molar-refractivity contribution in [1.82, 2.24) is 0 Å². The zero-order chi connectivity index (χ0) is 9.15. The summed E-state index contributed by atoms with van der Waals surface area (Å²) in [5.41, 5.74) is 6.61. The largest absolute Gasteiger partial charge is 0.330 e. The summed E-state index contributed by atoms with van der Waals surface area (Å²) in [6.45, 7) is 0.944. The van der Waals surface area contributed by atoms with Gasteiger partial charge in [-0.2, -0.15) is 0 Å². The van der Waals surface area contributed by atoms with E-state index in [1.54, 1.807) is 0 Å². The molecule has 2 aliphatic carbocycles. The maximum Gasteiger partial charge on any atom is -0.00436 e. The van der Waals surface area contributed by atoms with Crippen molar-refractivity contribution >= 4 is 0 Å². The van der Waals surface area contributed by atoms with Crippen LogP contribution in [0.4, 0.5) is 0 Å². The standard InChI is InChI=1S/C12H23N/c13-10-11-6-2-5-9-12(11)7-3-1-4-8-12/h11H,1-10,13H2. The Balaban J connectivity index is 2.06. The molecule has 0 aromatic heterocycles. The van der Waals surface area contributed by atoms with Gasteiger partial charge >= 0.3 is 0 Å². The van der Waals surface area contributed by atoms with Crippen LogP contribution in [0.3, 0.4) is 0 Å². The predicted molar refractivity (Wildman–Crippen MR) is 56.5 cm³/mol. The van der Waals surface area contributed by atoms with Gasteiger partial charge in [0.25, 0.3) is 0 Å². The van der Waals surface area contributed by atoms with Gasteiger partial charge in [0.05, 0.1) is 0 Å². The Morgan fingerprint density at radius 2 is 1.54 bits per heavy atom. The van der Waals surface area contributed by atoms with Crippen LogP contribution in [0.15, 0.2) is 0 Å². The van der Waals surface area contributed by atoms with E-state index in [2.05, 4.69) is 0 Å². The maximum atomic E-state index is 5.91. The third-order valence-corrected chi connectivity index (χ3v) is 4.48. The summed E-state index contributed by atoms with van der Waals surface area (Å²) >= 11 is 0. The van der Waals surface area contributed by atoms with Gasteiger partial charge in [-0.3, -0.25) is 0 Å². The summed E-state index contributed by atoms with van der Waals surface area (Å²) in [5, 5.41) is 0. The predicted octanol–water partition coefficient (Wildman–Crippen LogP) is 3.09. The van der Waals surface area contributed by atoms with Gasteiger partial charge in [0.1, 0.15) is 0 Å². The first kappa shape index (κ1) is 9.51. The Labute approximate surface area is 82.1 Å². The molecule has 0 aliphatic heterocycles. The van der Waals surface area contributed by atoms with Crippen LogP contribution in [0.25, 0.3) is 0 Å². The van der Waals surface area contributed by atoms with Crippen LogP contribution in [-0.2, 0) is 0 Å². The van der Waals surface area contributed by atoms with Gasteiger partial charge < -0.3 is 5.73 Å². The monoisotopic (exact) mass is 181 g/mol. The molecule has 0 radical (unpaired) electrons. The average Bonchev–Trinajstić information content (AvgIpc) is 2.20. The number of nitrogens with two attached hydrogens (primary N) is 1. The summed E-state index contributed by atoms with van der Waals surface area (Å²) in [7, 11) is 0. The van der Waals surface area contributed by atoms with E-state index in [0.29, 0.717) is 5.41 Å². The van der Waals surface area contributed by atoms with E-state index < -0.39 is 0 Å².